The van der Waals surface area contributed by atoms with Gasteiger partial charge in [-0.05, 0) is 117 Å². The average Bonchev–Trinajstić information content (AvgIpc) is 3.41. The normalized spacial score (nSPS) is 14.2. The lowest BCUT2D eigenvalue weighted by atomic mass is 9.90. The summed E-state index contributed by atoms with van der Waals surface area (Å²) < 4.78 is 24.2. The van der Waals surface area contributed by atoms with Crippen molar-refractivity contribution in [2.45, 2.75) is 122 Å². The van der Waals surface area contributed by atoms with E-state index in [4.69, 9.17) is 24.7 Å². The number of hydrogen-bond acceptors (Lipinski definition) is 10. The highest BCUT2D eigenvalue weighted by Crippen LogP contribution is 2.46. The van der Waals surface area contributed by atoms with Gasteiger partial charge < -0.3 is 51.3 Å². The summed E-state index contributed by atoms with van der Waals surface area (Å²) in [4.78, 5) is 72.5. The number of carbonyl (C=O) groups excluding carboxylic acids is 5. The number of amides is 4. The number of esters is 1. The molecule has 16 nitrogen and oxygen atoms in total. The van der Waals surface area contributed by atoms with E-state index in [2.05, 4.69) is 56.4 Å². The number of carbonyl (C=O) groups is 5. The molecule has 75 heavy (non-hydrogen) atoms. The molecular formula is C59H75N7O9. The van der Waals surface area contributed by atoms with Crippen molar-refractivity contribution in [3.8, 4) is 22.6 Å². The molecule has 5 aromatic carbocycles. The van der Waals surface area contributed by atoms with Crippen molar-refractivity contribution in [3.63, 3.8) is 0 Å². The number of ether oxygens (including phenoxy) is 4. The summed E-state index contributed by atoms with van der Waals surface area (Å²) in [6.45, 7) is 9.78. The van der Waals surface area contributed by atoms with Crippen LogP contribution < -0.4 is 41.8 Å². The Labute approximate surface area is 441 Å². The van der Waals surface area contributed by atoms with Gasteiger partial charge in [0.1, 0.15) is 41.8 Å². The molecule has 6 rings (SSSR count). The maximum atomic E-state index is 14.5. The quantitative estimate of drug-likeness (QED) is 0.0101. The van der Waals surface area contributed by atoms with E-state index >= 15 is 0 Å². The number of benzene rings is 5. The number of unbranched alkanes of at least 4 members (excludes halogenated alkanes) is 1. The minimum Gasteiger partial charge on any atom is -0.493 e. The van der Waals surface area contributed by atoms with Gasteiger partial charge in [-0.25, -0.2) is 9.59 Å². The van der Waals surface area contributed by atoms with Crippen LogP contribution in [0, 0.1) is 5.92 Å². The zero-order chi connectivity index (χ0) is 53.6. The van der Waals surface area contributed by atoms with Crippen LogP contribution in [-0.2, 0) is 35.3 Å². The molecule has 5 aromatic rings. The minimum atomic E-state index is -1.16. The molecule has 1 fully saturated rings. The van der Waals surface area contributed by atoms with Crippen molar-refractivity contribution in [2.75, 3.05) is 33.4 Å². The second-order valence-electron chi connectivity index (χ2n) is 19.9. The van der Waals surface area contributed by atoms with E-state index in [0.717, 1.165) is 56.8 Å². The minimum absolute atomic E-state index is 0.00498. The molecule has 1 saturated carbocycles. The molecule has 7 N–H and O–H groups in total. The van der Waals surface area contributed by atoms with E-state index in [9.17, 15) is 24.0 Å². The van der Waals surface area contributed by atoms with E-state index in [1.54, 1.807) is 27.8 Å². The van der Waals surface area contributed by atoms with Crippen LogP contribution in [0.3, 0.4) is 0 Å². The van der Waals surface area contributed by atoms with Gasteiger partial charge >= 0.3 is 12.1 Å². The van der Waals surface area contributed by atoms with Gasteiger partial charge in [-0.3, -0.25) is 19.4 Å². The Kier molecular flexibility index (Phi) is 21.7. The maximum absolute atomic E-state index is 14.5. The lowest BCUT2D eigenvalue weighted by Crippen LogP contribution is -2.56. The second kappa shape index (κ2) is 28.7. The Balaban J connectivity index is 1.24. The zero-order valence-electron chi connectivity index (χ0n) is 43.9. The first-order valence-electron chi connectivity index (χ1n) is 26.2. The molecule has 400 valence electrons. The topological polar surface area (TPSA) is 221 Å². The summed E-state index contributed by atoms with van der Waals surface area (Å²) in [5.41, 5.74) is 7.58. The highest BCUT2D eigenvalue weighted by atomic mass is 16.6. The SMILES string of the molecule is C=CC[C@H](NC(=O)[C@@H](CCCNC(N)=NC)NC(=O)[C@@H](CCCCNC(=O)OC(C)(C)C)NC(=O)COc1ccc2ccccc2c1-c1c(OCC2CCCCC2)ccc2ccccc12)C(=O)OCc1ccccc1. The molecule has 0 bridgehead atoms. The summed E-state index contributed by atoms with van der Waals surface area (Å²) in [7, 11) is 1.54. The molecule has 0 radical (unpaired) electrons. The second-order valence-corrected chi connectivity index (χ2v) is 19.9. The third-order valence-corrected chi connectivity index (χ3v) is 12.9. The van der Waals surface area contributed by atoms with Crippen LogP contribution in [0.15, 0.2) is 121 Å². The average molecular weight is 1030 g/mol. The van der Waals surface area contributed by atoms with E-state index in [-0.39, 0.29) is 38.4 Å². The number of nitrogens with zero attached hydrogens (tertiary/aromatic N) is 1. The van der Waals surface area contributed by atoms with Crippen molar-refractivity contribution in [2.24, 2.45) is 16.6 Å². The maximum Gasteiger partial charge on any atom is 0.407 e. The van der Waals surface area contributed by atoms with E-state index in [0.29, 0.717) is 44.1 Å². The fourth-order valence-electron chi connectivity index (χ4n) is 9.07. The Hall–Kier alpha value is -7.62. The van der Waals surface area contributed by atoms with Gasteiger partial charge in [-0.1, -0.05) is 116 Å². The molecule has 1 aliphatic carbocycles. The van der Waals surface area contributed by atoms with Gasteiger partial charge in [-0.15, -0.1) is 6.58 Å². The molecule has 0 saturated heterocycles. The largest absolute Gasteiger partial charge is 0.493 e. The van der Waals surface area contributed by atoms with Gasteiger partial charge in [-0.2, -0.15) is 0 Å². The van der Waals surface area contributed by atoms with Crippen molar-refractivity contribution < 1.29 is 42.9 Å². The first-order chi connectivity index (χ1) is 36.2. The Morgan fingerprint density at radius 1 is 0.693 bits per heavy atom. The van der Waals surface area contributed by atoms with Crippen LogP contribution >= 0.6 is 0 Å². The molecule has 0 spiro atoms. The molecule has 0 heterocycles. The Morgan fingerprint density at radius 3 is 1.89 bits per heavy atom. The van der Waals surface area contributed by atoms with Crippen LogP contribution in [0.25, 0.3) is 32.7 Å². The van der Waals surface area contributed by atoms with E-state index in [1.165, 1.54) is 25.3 Å². The fraction of sp³-hybridized carbons (Fsp3) is 0.424. The van der Waals surface area contributed by atoms with Gasteiger partial charge in [0, 0.05) is 31.3 Å². The van der Waals surface area contributed by atoms with Crippen molar-refractivity contribution in [1.29, 1.82) is 0 Å². The third-order valence-electron chi connectivity index (χ3n) is 12.9. The summed E-state index contributed by atoms with van der Waals surface area (Å²) in [6, 6.07) is 29.8. The monoisotopic (exact) mass is 1030 g/mol. The molecule has 0 aromatic heterocycles. The molecule has 4 amide bonds. The lowest BCUT2D eigenvalue weighted by molar-refractivity contribution is -0.149. The van der Waals surface area contributed by atoms with Gasteiger partial charge in [0.25, 0.3) is 5.91 Å². The fourth-order valence-corrected chi connectivity index (χ4v) is 9.07. The summed E-state index contributed by atoms with van der Waals surface area (Å²) >= 11 is 0. The number of fused-ring (bicyclic) bond motifs is 2. The van der Waals surface area contributed by atoms with Crippen molar-refractivity contribution in [1.82, 2.24) is 26.6 Å². The van der Waals surface area contributed by atoms with Crippen LogP contribution in [-0.4, -0.2) is 92.8 Å². The predicted molar refractivity (Wildman–Crippen MR) is 294 cm³/mol. The standard InChI is InChI=1S/C59H75N7O9/c1-6-20-48(56(70)74-38-41-23-11-8-12-24-41)66-55(69)47(30-19-36-62-57(60)61-5)65-54(68)46(29-17-18-35-63-58(71)75-59(2,3)4)64-51(67)39-73-50-34-32-43-26-14-16-28-45(43)53(50)52-44-27-15-13-25-42(44)31-33-49(52)72-37-40-21-9-7-10-22-40/h6,8,11-16,23-28,31-34,40,46-48H,1,7,9-10,17-22,29-30,35-39H2,2-5H3,(H,63,71)(H,64,67)(H,65,68)(H,66,69)(H3,60,61,62)/t46-,47-,48+/m1/s1. The van der Waals surface area contributed by atoms with Crippen LogP contribution in [0.4, 0.5) is 4.79 Å². The Bertz CT molecular complexity index is 2740. The number of guanidine groups is 1. The number of rotatable bonds is 26. The number of alkyl carbamates (subject to hydrolysis) is 1. The van der Waals surface area contributed by atoms with Crippen LogP contribution in [0.2, 0.25) is 0 Å². The smallest absolute Gasteiger partial charge is 0.407 e. The molecular weight excluding hydrogens is 951 g/mol. The Morgan fingerprint density at radius 2 is 1.27 bits per heavy atom. The summed E-state index contributed by atoms with van der Waals surface area (Å²) in [5, 5.41) is 18.1. The van der Waals surface area contributed by atoms with Crippen molar-refractivity contribution in [3.05, 3.63) is 121 Å². The highest BCUT2D eigenvalue weighted by Gasteiger charge is 2.31. The molecule has 3 atom stereocenters. The number of hydrogen-bond donors (Lipinski definition) is 6. The lowest BCUT2D eigenvalue weighted by Gasteiger charge is -2.25. The summed E-state index contributed by atoms with van der Waals surface area (Å²) in [6.07, 6.45) is 8.32. The zero-order valence-corrected chi connectivity index (χ0v) is 43.9. The van der Waals surface area contributed by atoms with Gasteiger partial charge in [0.05, 0.1) is 6.61 Å². The predicted octanol–water partition coefficient (Wildman–Crippen LogP) is 8.78. The van der Waals surface area contributed by atoms with Gasteiger partial charge in [0.15, 0.2) is 12.6 Å². The number of nitrogens with two attached hydrogens (primary N) is 1. The molecule has 0 unspecified atom stereocenters. The summed E-state index contributed by atoms with van der Waals surface area (Å²) in [5.74, 6) is -0.699. The van der Waals surface area contributed by atoms with E-state index < -0.39 is 60.1 Å². The molecule has 16 heteroatoms. The van der Waals surface area contributed by atoms with Crippen LogP contribution in [0.1, 0.15) is 97.0 Å². The molecule has 0 aliphatic heterocycles. The first-order valence-corrected chi connectivity index (χ1v) is 26.2. The highest BCUT2D eigenvalue weighted by molar-refractivity contribution is 6.10. The molecule has 1 aliphatic rings. The number of aliphatic imine (C=N–C) groups is 1. The third kappa shape index (κ3) is 17.8. The van der Waals surface area contributed by atoms with E-state index in [1.807, 2.05) is 84.9 Å². The van der Waals surface area contributed by atoms with Crippen LogP contribution in [0.5, 0.6) is 11.5 Å². The van der Waals surface area contributed by atoms with Gasteiger partial charge in [0.2, 0.25) is 11.8 Å². The first kappa shape index (κ1) is 56.7. The number of nitrogens with one attached hydrogen (secondary N) is 5. The van der Waals surface area contributed by atoms with Crippen molar-refractivity contribution >= 4 is 57.3 Å².